The number of pyridine rings is 1. The number of rotatable bonds is 5. The summed E-state index contributed by atoms with van der Waals surface area (Å²) in [7, 11) is 1.66. The summed E-state index contributed by atoms with van der Waals surface area (Å²) in [5, 5.41) is 4.45. The lowest BCUT2D eigenvalue weighted by atomic mass is 9.95. The number of aromatic nitrogens is 1. The molecule has 18 heavy (non-hydrogen) atoms. The number of ether oxygens (including phenoxy) is 1. The van der Waals surface area contributed by atoms with Crippen LogP contribution in [0.3, 0.4) is 0 Å². The Bertz CT molecular complexity index is 373. The molecule has 0 amide bonds. The highest BCUT2D eigenvalue weighted by atomic mass is 32.2. The minimum Gasteiger partial charge on any atom is -0.481 e. The van der Waals surface area contributed by atoms with Crippen molar-refractivity contribution in [1.29, 1.82) is 0 Å². The van der Waals surface area contributed by atoms with Crippen LogP contribution < -0.4 is 10.1 Å². The Morgan fingerprint density at radius 1 is 1.44 bits per heavy atom. The van der Waals surface area contributed by atoms with E-state index < -0.39 is 0 Å². The van der Waals surface area contributed by atoms with Gasteiger partial charge >= 0.3 is 0 Å². The molecule has 1 aromatic heterocycles. The van der Waals surface area contributed by atoms with E-state index in [4.69, 9.17) is 4.74 Å². The van der Waals surface area contributed by atoms with Gasteiger partial charge in [-0.3, -0.25) is 0 Å². The molecule has 1 aromatic rings. The Labute approximate surface area is 114 Å². The van der Waals surface area contributed by atoms with E-state index in [0.29, 0.717) is 11.9 Å². The molecule has 0 saturated heterocycles. The lowest BCUT2D eigenvalue weighted by Crippen LogP contribution is -2.34. The molecule has 0 bridgehead atoms. The Hall–Kier alpha value is -0.740. The molecule has 0 spiro atoms. The summed E-state index contributed by atoms with van der Waals surface area (Å²) in [6, 6.07) is 6.57. The molecule has 0 radical (unpaired) electrons. The first kappa shape index (κ1) is 13.7. The number of nitrogens with zero attached hydrogens (tertiary/aromatic N) is 1. The van der Waals surface area contributed by atoms with Crippen LogP contribution >= 0.6 is 11.8 Å². The standard InChI is InChI=1S/C14H22N2OS/c1-17-14-8-4-6-12(16-14)10-15-11-5-3-7-13(9-11)18-2/h4,6,8,11,13,15H,3,5,7,9-10H2,1-2H3. The van der Waals surface area contributed by atoms with Crippen molar-refractivity contribution in [3.05, 3.63) is 23.9 Å². The summed E-state index contributed by atoms with van der Waals surface area (Å²) in [6.45, 7) is 0.836. The van der Waals surface area contributed by atoms with E-state index in [2.05, 4.69) is 16.6 Å². The van der Waals surface area contributed by atoms with Gasteiger partial charge in [0.2, 0.25) is 5.88 Å². The summed E-state index contributed by atoms with van der Waals surface area (Å²) in [5.41, 5.74) is 1.06. The van der Waals surface area contributed by atoms with Gasteiger partial charge in [0.1, 0.15) is 0 Å². The van der Waals surface area contributed by atoms with Gasteiger partial charge < -0.3 is 10.1 Å². The summed E-state index contributed by atoms with van der Waals surface area (Å²) >= 11 is 2.00. The van der Waals surface area contributed by atoms with Gasteiger partial charge in [0.05, 0.1) is 12.8 Å². The molecule has 2 rings (SSSR count). The van der Waals surface area contributed by atoms with Crippen LogP contribution in [0.4, 0.5) is 0 Å². The summed E-state index contributed by atoms with van der Waals surface area (Å²) in [6.07, 6.45) is 7.51. The summed E-state index contributed by atoms with van der Waals surface area (Å²) in [4.78, 5) is 4.42. The fourth-order valence-corrected chi connectivity index (χ4v) is 3.29. The van der Waals surface area contributed by atoms with Crippen molar-refractivity contribution < 1.29 is 4.74 Å². The second kappa shape index (κ2) is 7.00. The number of hydrogen-bond donors (Lipinski definition) is 1. The van der Waals surface area contributed by atoms with Gasteiger partial charge in [-0.2, -0.15) is 11.8 Å². The van der Waals surface area contributed by atoms with E-state index in [1.165, 1.54) is 25.7 Å². The van der Waals surface area contributed by atoms with Crippen molar-refractivity contribution >= 4 is 11.8 Å². The molecule has 0 aromatic carbocycles. The van der Waals surface area contributed by atoms with E-state index >= 15 is 0 Å². The molecule has 1 heterocycles. The first-order valence-corrected chi connectivity index (χ1v) is 7.86. The van der Waals surface area contributed by atoms with E-state index in [9.17, 15) is 0 Å². The van der Waals surface area contributed by atoms with Crippen molar-refractivity contribution in [2.45, 2.75) is 43.5 Å². The number of hydrogen-bond acceptors (Lipinski definition) is 4. The predicted molar refractivity (Wildman–Crippen MR) is 77.2 cm³/mol. The molecule has 2 unspecified atom stereocenters. The maximum Gasteiger partial charge on any atom is 0.213 e. The molecule has 0 aliphatic heterocycles. The minimum absolute atomic E-state index is 0.643. The highest BCUT2D eigenvalue weighted by Crippen LogP contribution is 2.27. The molecule has 100 valence electrons. The molecule has 1 fully saturated rings. The van der Waals surface area contributed by atoms with Crippen LogP contribution in [0.15, 0.2) is 18.2 Å². The van der Waals surface area contributed by atoms with Crippen molar-refractivity contribution in [2.75, 3.05) is 13.4 Å². The zero-order valence-electron chi connectivity index (χ0n) is 11.2. The van der Waals surface area contributed by atoms with E-state index in [0.717, 1.165) is 17.5 Å². The molecule has 4 heteroatoms. The number of thioether (sulfide) groups is 1. The average Bonchev–Trinajstić information content (AvgIpc) is 2.45. The van der Waals surface area contributed by atoms with E-state index in [1.54, 1.807) is 7.11 Å². The van der Waals surface area contributed by atoms with Gasteiger partial charge in [-0.05, 0) is 31.6 Å². The van der Waals surface area contributed by atoms with Crippen LogP contribution in [-0.4, -0.2) is 29.6 Å². The predicted octanol–water partition coefficient (Wildman–Crippen LogP) is 2.85. The number of nitrogens with one attached hydrogen (secondary N) is 1. The topological polar surface area (TPSA) is 34.1 Å². The second-order valence-corrected chi connectivity index (χ2v) is 5.91. The third-order valence-electron chi connectivity index (χ3n) is 3.52. The molecule has 1 saturated carbocycles. The molecule has 2 atom stereocenters. The Kier molecular flexibility index (Phi) is 5.32. The smallest absolute Gasteiger partial charge is 0.213 e. The highest BCUT2D eigenvalue weighted by molar-refractivity contribution is 7.99. The summed E-state index contributed by atoms with van der Waals surface area (Å²) < 4.78 is 5.14. The van der Waals surface area contributed by atoms with Gasteiger partial charge in [0, 0.05) is 23.9 Å². The van der Waals surface area contributed by atoms with Crippen molar-refractivity contribution in [3.8, 4) is 5.88 Å². The fourth-order valence-electron chi connectivity index (χ4n) is 2.46. The summed E-state index contributed by atoms with van der Waals surface area (Å²) in [5.74, 6) is 0.694. The van der Waals surface area contributed by atoms with Crippen LogP contribution in [0.1, 0.15) is 31.4 Å². The third-order valence-corrected chi connectivity index (χ3v) is 4.62. The van der Waals surface area contributed by atoms with Crippen LogP contribution in [0.25, 0.3) is 0 Å². The molecular weight excluding hydrogens is 244 g/mol. The van der Waals surface area contributed by atoms with Gasteiger partial charge in [-0.1, -0.05) is 12.5 Å². The SMILES string of the molecule is COc1cccc(CNC2CCCC(SC)C2)n1. The zero-order valence-corrected chi connectivity index (χ0v) is 12.0. The molecule has 1 N–H and O–H groups in total. The Balaban J connectivity index is 1.83. The van der Waals surface area contributed by atoms with Crippen LogP contribution in [0.2, 0.25) is 0 Å². The second-order valence-electron chi connectivity index (χ2n) is 4.77. The molecule has 1 aliphatic rings. The number of methoxy groups -OCH3 is 1. The molecule has 3 nitrogen and oxygen atoms in total. The lowest BCUT2D eigenvalue weighted by Gasteiger charge is -2.28. The Morgan fingerprint density at radius 3 is 3.11 bits per heavy atom. The minimum atomic E-state index is 0.643. The van der Waals surface area contributed by atoms with Gasteiger partial charge in [-0.25, -0.2) is 4.98 Å². The Morgan fingerprint density at radius 2 is 2.33 bits per heavy atom. The quantitative estimate of drug-likeness (QED) is 0.888. The van der Waals surface area contributed by atoms with Crippen LogP contribution in [-0.2, 0) is 6.54 Å². The lowest BCUT2D eigenvalue weighted by molar-refractivity contribution is 0.373. The maximum absolute atomic E-state index is 5.14. The maximum atomic E-state index is 5.14. The van der Waals surface area contributed by atoms with Crippen molar-refractivity contribution in [2.24, 2.45) is 0 Å². The average molecular weight is 266 g/mol. The first-order valence-electron chi connectivity index (χ1n) is 6.58. The normalized spacial score (nSPS) is 23.9. The van der Waals surface area contributed by atoms with Crippen LogP contribution in [0.5, 0.6) is 5.88 Å². The van der Waals surface area contributed by atoms with Crippen molar-refractivity contribution in [3.63, 3.8) is 0 Å². The van der Waals surface area contributed by atoms with E-state index in [-0.39, 0.29) is 0 Å². The third kappa shape index (κ3) is 3.89. The van der Waals surface area contributed by atoms with Gasteiger partial charge in [-0.15, -0.1) is 0 Å². The highest BCUT2D eigenvalue weighted by Gasteiger charge is 2.20. The van der Waals surface area contributed by atoms with Crippen molar-refractivity contribution in [1.82, 2.24) is 10.3 Å². The van der Waals surface area contributed by atoms with E-state index in [1.807, 2.05) is 30.0 Å². The molecule has 1 aliphatic carbocycles. The van der Waals surface area contributed by atoms with Crippen LogP contribution in [0, 0.1) is 0 Å². The monoisotopic (exact) mass is 266 g/mol. The zero-order chi connectivity index (χ0) is 12.8. The van der Waals surface area contributed by atoms with Gasteiger partial charge in [0.15, 0.2) is 0 Å². The molecular formula is C14H22N2OS. The van der Waals surface area contributed by atoms with Gasteiger partial charge in [0.25, 0.3) is 0 Å². The first-order chi connectivity index (χ1) is 8.81. The largest absolute Gasteiger partial charge is 0.481 e. The fraction of sp³-hybridized carbons (Fsp3) is 0.643.